The summed E-state index contributed by atoms with van der Waals surface area (Å²) in [4.78, 5) is 29.2. The monoisotopic (exact) mass is 372 g/mol. The average molecular weight is 372 g/mol. The highest BCUT2D eigenvalue weighted by Gasteiger charge is 2.38. The van der Waals surface area contributed by atoms with Gasteiger partial charge in [-0.1, -0.05) is 13.8 Å². The lowest BCUT2D eigenvalue weighted by atomic mass is 9.86. The zero-order chi connectivity index (χ0) is 19.0. The number of amides is 2. The third-order valence-electron chi connectivity index (χ3n) is 6.11. The van der Waals surface area contributed by atoms with E-state index in [1.165, 1.54) is 0 Å². The lowest BCUT2D eigenvalue weighted by Gasteiger charge is -2.35. The van der Waals surface area contributed by atoms with Gasteiger partial charge in [-0.3, -0.25) is 9.59 Å². The van der Waals surface area contributed by atoms with Crippen molar-refractivity contribution in [3.63, 3.8) is 0 Å². The molecular formula is C21H28N2O4. The molecule has 3 heterocycles. The maximum absolute atomic E-state index is 12.9. The average Bonchev–Trinajstić information content (AvgIpc) is 3.08. The predicted molar refractivity (Wildman–Crippen MR) is 102 cm³/mol. The van der Waals surface area contributed by atoms with Crippen molar-refractivity contribution in [2.75, 3.05) is 37.7 Å². The van der Waals surface area contributed by atoms with Crippen molar-refractivity contribution in [3.8, 4) is 11.5 Å². The molecule has 0 bridgehead atoms. The van der Waals surface area contributed by atoms with Crippen molar-refractivity contribution < 1.29 is 19.1 Å². The van der Waals surface area contributed by atoms with E-state index in [1.54, 1.807) is 4.90 Å². The minimum Gasteiger partial charge on any atom is -0.486 e. The third-order valence-corrected chi connectivity index (χ3v) is 6.11. The van der Waals surface area contributed by atoms with Crippen LogP contribution in [-0.4, -0.2) is 49.6 Å². The predicted octanol–water partition coefficient (Wildman–Crippen LogP) is 2.71. The molecule has 27 heavy (non-hydrogen) atoms. The summed E-state index contributed by atoms with van der Waals surface area (Å²) >= 11 is 0. The molecule has 0 spiro atoms. The van der Waals surface area contributed by atoms with Crippen molar-refractivity contribution in [2.45, 2.75) is 33.1 Å². The van der Waals surface area contributed by atoms with Gasteiger partial charge in [0.25, 0.3) is 0 Å². The number of fused-ring (bicyclic) bond motifs is 1. The number of piperidine rings is 1. The minimum absolute atomic E-state index is 0.00194. The Hall–Kier alpha value is -2.24. The van der Waals surface area contributed by atoms with Crippen LogP contribution in [0.3, 0.4) is 0 Å². The Kier molecular flexibility index (Phi) is 4.98. The van der Waals surface area contributed by atoms with E-state index in [2.05, 4.69) is 13.8 Å². The molecule has 0 aromatic heterocycles. The normalized spacial score (nSPS) is 23.2. The standard InChI is InChI=1S/C21H28N2O4/c1-14(2)15-5-7-22(8-6-15)21(25)16-11-20(24)23(13-16)17-3-4-18-19(12-17)27-10-9-26-18/h3-4,12,14-16H,5-11,13H2,1-2H3/t16-/m0/s1. The summed E-state index contributed by atoms with van der Waals surface area (Å²) in [5.74, 6) is 2.62. The van der Waals surface area contributed by atoms with Gasteiger partial charge in [-0.05, 0) is 36.8 Å². The molecule has 0 saturated carbocycles. The molecule has 3 aliphatic rings. The fourth-order valence-electron chi connectivity index (χ4n) is 4.37. The lowest BCUT2D eigenvalue weighted by Crippen LogP contribution is -2.43. The minimum atomic E-state index is -0.249. The Morgan fingerprint density at radius 2 is 1.81 bits per heavy atom. The van der Waals surface area contributed by atoms with Gasteiger partial charge < -0.3 is 19.3 Å². The van der Waals surface area contributed by atoms with Crippen molar-refractivity contribution >= 4 is 17.5 Å². The van der Waals surface area contributed by atoms with Crippen LogP contribution in [0.1, 0.15) is 33.1 Å². The molecule has 0 N–H and O–H groups in total. The number of hydrogen-bond acceptors (Lipinski definition) is 4. The smallest absolute Gasteiger partial charge is 0.228 e. The summed E-state index contributed by atoms with van der Waals surface area (Å²) in [5.41, 5.74) is 0.776. The van der Waals surface area contributed by atoms with E-state index in [4.69, 9.17) is 9.47 Å². The quantitative estimate of drug-likeness (QED) is 0.819. The maximum atomic E-state index is 12.9. The van der Waals surface area contributed by atoms with E-state index in [0.29, 0.717) is 43.1 Å². The van der Waals surface area contributed by atoms with E-state index in [9.17, 15) is 9.59 Å². The molecule has 1 aromatic carbocycles. The number of hydrogen-bond donors (Lipinski definition) is 0. The number of nitrogens with zero attached hydrogens (tertiary/aromatic N) is 2. The van der Waals surface area contributed by atoms with Gasteiger partial charge in [0, 0.05) is 37.8 Å². The molecule has 2 amide bonds. The van der Waals surface area contributed by atoms with E-state index in [1.807, 2.05) is 23.1 Å². The fourth-order valence-corrected chi connectivity index (χ4v) is 4.37. The summed E-state index contributed by atoms with van der Waals surface area (Å²) in [7, 11) is 0. The molecule has 0 unspecified atom stereocenters. The summed E-state index contributed by atoms with van der Waals surface area (Å²) < 4.78 is 11.2. The molecule has 0 radical (unpaired) electrons. The van der Waals surface area contributed by atoms with E-state index >= 15 is 0 Å². The molecule has 4 rings (SSSR count). The second-order valence-corrected chi connectivity index (χ2v) is 8.14. The van der Waals surface area contributed by atoms with Gasteiger partial charge in [0.15, 0.2) is 11.5 Å². The highest BCUT2D eigenvalue weighted by molar-refractivity contribution is 6.00. The molecule has 6 nitrogen and oxygen atoms in total. The maximum Gasteiger partial charge on any atom is 0.228 e. The van der Waals surface area contributed by atoms with Crippen molar-refractivity contribution in [2.24, 2.45) is 17.8 Å². The van der Waals surface area contributed by atoms with Crippen LogP contribution in [0.4, 0.5) is 5.69 Å². The highest BCUT2D eigenvalue weighted by Crippen LogP contribution is 2.36. The summed E-state index contributed by atoms with van der Waals surface area (Å²) in [6.07, 6.45) is 2.42. The van der Waals surface area contributed by atoms with Crippen molar-refractivity contribution in [1.29, 1.82) is 0 Å². The molecule has 0 aliphatic carbocycles. The van der Waals surface area contributed by atoms with Crippen LogP contribution in [0.25, 0.3) is 0 Å². The first-order chi connectivity index (χ1) is 13.0. The van der Waals surface area contributed by atoms with Gasteiger partial charge in [0.05, 0.1) is 5.92 Å². The van der Waals surface area contributed by atoms with E-state index < -0.39 is 0 Å². The molecule has 2 saturated heterocycles. The summed E-state index contributed by atoms with van der Waals surface area (Å²) in [5, 5.41) is 0. The topological polar surface area (TPSA) is 59.1 Å². The zero-order valence-corrected chi connectivity index (χ0v) is 16.1. The van der Waals surface area contributed by atoms with Gasteiger partial charge in [-0.15, -0.1) is 0 Å². The van der Waals surface area contributed by atoms with Crippen LogP contribution < -0.4 is 14.4 Å². The fraction of sp³-hybridized carbons (Fsp3) is 0.619. The number of ether oxygens (including phenoxy) is 2. The van der Waals surface area contributed by atoms with Crippen LogP contribution in [0.15, 0.2) is 18.2 Å². The van der Waals surface area contributed by atoms with Crippen LogP contribution in [0, 0.1) is 17.8 Å². The van der Waals surface area contributed by atoms with Crippen LogP contribution in [0.5, 0.6) is 11.5 Å². The molecule has 1 aromatic rings. The molecule has 6 heteroatoms. The summed E-state index contributed by atoms with van der Waals surface area (Å²) in [6.45, 7) is 7.64. The second-order valence-electron chi connectivity index (χ2n) is 8.14. The van der Waals surface area contributed by atoms with Crippen molar-refractivity contribution in [1.82, 2.24) is 4.90 Å². The SMILES string of the molecule is CC(C)C1CCN(C(=O)[C@H]2CC(=O)N(c3ccc4c(c3)OCCO4)C2)CC1. The van der Waals surface area contributed by atoms with Crippen molar-refractivity contribution in [3.05, 3.63) is 18.2 Å². The second kappa shape index (κ2) is 7.41. The van der Waals surface area contributed by atoms with Gasteiger partial charge in [0.1, 0.15) is 13.2 Å². The molecular weight excluding hydrogens is 344 g/mol. The molecule has 146 valence electrons. The van der Waals surface area contributed by atoms with Gasteiger partial charge >= 0.3 is 0 Å². The first-order valence-electron chi connectivity index (χ1n) is 10.0. The Labute approximate surface area is 160 Å². The lowest BCUT2D eigenvalue weighted by molar-refractivity contribution is -0.137. The highest BCUT2D eigenvalue weighted by atomic mass is 16.6. The molecule has 1 atom stereocenters. The van der Waals surface area contributed by atoms with Crippen LogP contribution in [0.2, 0.25) is 0 Å². The van der Waals surface area contributed by atoms with E-state index in [-0.39, 0.29) is 24.2 Å². The Morgan fingerprint density at radius 3 is 2.52 bits per heavy atom. The van der Waals surface area contributed by atoms with E-state index in [0.717, 1.165) is 31.6 Å². The Morgan fingerprint density at radius 1 is 1.11 bits per heavy atom. The first-order valence-corrected chi connectivity index (χ1v) is 10.0. The number of rotatable bonds is 3. The first kappa shape index (κ1) is 18.1. The number of anilines is 1. The Balaban J connectivity index is 1.41. The van der Waals surface area contributed by atoms with Gasteiger partial charge in [-0.25, -0.2) is 0 Å². The number of carbonyl (C=O) groups is 2. The van der Waals surface area contributed by atoms with Crippen LogP contribution in [-0.2, 0) is 9.59 Å². The van der Waals surface area contributed by atoms with Gasteiger partial charge in [0.2, 0.25) is 11.8 Å². The zero-order valence-electron chi connectivity index (χ0n) is 16.1. The van der Waals surface area contributed by atoms with Gasteiger partial charge in [-0.2, -0.15) is 0 Å². The Bertz CT molecular complexity index is 725. The summed E-state index contributed by atoms with van der Waals surface area (Å²) in [6, 6.07) is 5.54. The van der Waals surface area contributed by atoms with Crippen LogP contribution >= 0.6 is 0 Å². The number of likely N-dealkylation sites (tertiary alicyclic amines) is 1. The molecule has 2 fully saturated rings. The number of carbonyl (C=O) groups excluding carboxylic acids is 2. The molecule has 3 aliphatic heterocycles. The number of benzene rings is 1. The largest absolute Gasteiger partial charge is 0.486 e. The third kappa shape index (κ3) is 3.62.